The summed E-state index contributed by atoms with van der Waals surface area (Å²) in [6, 6.07) is 26.4. The van der Waals surface area contributed by atoms with Crippen molar-refractivity contribution in [1.29, 1.82) is 0 Å². The average molecular weight is 618 g/mol. The Labute approximate surface area is 271 Å². The Bertz CT molecular complexity index is 1730. The highest BCUT2D eigenvalue weighted by atomic mass is 16.5. The minimum atomic E-state index is -0.0392. The maximum Gasteiger partial charge on any atom is 0.270 e. The van der Waals surface area contributed by atoms with E-state index in [9.17, 15) is 9.59 Å². The molecule has 0 aliphatic carbocycles. The number of aromatic nitrogens is 1. The topological polar surface area (TPSA) is 61.3 Å². The number of aryl methyl sites for hydroxylation is 2. The summed E-state index contributed by atoms with van der Waals surface area (Å²) in [6.45, 7) is 14.1. The first-order valence-corrected chi connectivity index (χ1v) is 16.5. The van der Waals surface area contributed by atoms with Crippen LogP contribution in [0.1, 0.15) is 43.2 Å². The molecular weight excluding hydrogens is 574 g/mol. The standard InChI is InChI=1S/C38H43N5O3/c1-28-7-3-5-9-33(28)34-13-11-30(25-29(34)2)37(44)43-27-32-12-14-36(42(32)26-31-8-4-6-10-35(31)43)38(45)41-19-17-39(18-20-41)15-16-40-21-23-46-24-22-40/h3-14,25H,15-24,26-27H2,1-2H3. The summed E-state index contributed by atoms with van der Waals surface area (Å²) < 4.78 is 7.59. The molecule has 0 radical (unpaired) electrons. The number of benzene rings is 3. The molecule has 3 aromatic carbocycles. The molecule has 8 heteroatoms. The minimum absolute atomic E-state index is 0.0392. The van der Waals surface area contributed by atoms with Gasteiger partial charge in [0.1, 0.15) is 5.69 Å². The molecule has 4 heterocycles. The molecule has 0 spiro atoms. The number of amides is 2. The van der Waals surface area contributed by atoms with Gasteiger partial charge in [0.05, 0.1) is 26.3 Å². The maximum absolute atomic E-state index is 14.2. The Balaban J connectivity index is 1.08. The first kappa shape index (κ1) is 30.4. The quantitative estimate of drug-likeness (QED) is 0.303. The molecule has 2 saturated heterocycles. The van der Waals surface area contributed by atoms with Gasteiger partial charge in [0.15, 0.2) is 0 Å². The van der Waals surface area contributed by atoms with E-state index in [1.807, 2.05) is 58.3 Å². The molecule has 1 aromatic heterocycles. The van der Waals surface area contributed by atoms with Crippen LogP contribution in [0, 0.1) is 13.8 Å². The summed E-state index contributed by atoms with van der Waals surface area (Å²) in [6.07, 6.45) is 0. The van der Waals surface area contributed by atoms with E-state index in [1.165, 1.54) is 11.1 Å². The van der Waals surface area contributed by atoms with Crippen LogP contribution >= 0.6 is 0 Å². The fourth-order valence-corrected chi connectivity index (χ4v) is 7.10. The summed E-state index contributed by atoms with van der Waals surface area (Å²) in [5.41, 5.74) is 8.84. The highest BCUT2D eigenvalue weighted by Crippen LogP contribution is 2.32. The van der Waals surface area contributed by atoms with Crippen LogP contribution in [0.2, 0.25) is 0 Å². The summed E-state index contributed by atoms with van der Waals surface area (Å²) in [5, 5.41) is 0. The molecule has 2 fully saturated rings. The van der Waals surface area contributed by atoms with E-state index in [0.29, 0.717) is 24.3 Å². The molecule has 7 rings (SSSR count). The zero-order valence-corrected chi connectivity index (χ0v) is 27.0. The number of nitrogens with zero attached hydrogens (tertiary/aromatic N) is 5. The molecule has 0 unspecified atom stereocenters. The van der Waals surface area contributed by atoms with E-state index in [0.717, 1.165) is 93.6 Å². The molecule has 238 valence electrons. The summed E-state index contributed by atoms with van der Waals surface area (Å²) >= 11 is 0. The van der Waals surface area contributed by atoms with Gasteiger partial charge < -0.3 is 19.1 Å². The Kier molecular flexibility index (Phi) is 8.76. The van der Waals surface area contributed by atoms with Gasteiger partial charge in [0.2, 0.25) is 0 Å². The van der Waals surface area contributed by atoms with Gasteiger partial charge in [-0.3, -0.25) is 19.4 Å². The number of para-hydroxylation sites is 1. The number of anilines is 1. The van der Waals surface area contributed by atoms with E-state index in [1.54, 1.807) is 0 Å². The lowest BCUT2D eigenvalue weighted by atomic mass is 9.95. The van der Waals surface area contributed by atoms with Crippen molar-refractivity contribution in [1.82, 2.24) is 19.3 Å². The number of fused-ring (bicyclic) bond motifs is 2. The van der Waals surface area contributed by atoms with Crippen molar-refractivity contribution in [3.05, 3.63) is 113 Å². The van der Waals surface area contributed by atoms with Crippen molar-refractivity contribution in [3.8, 4) is 11.1 Å². The molecule has 4 aromatic rings. The zero-order valence-electron chi connectivity index (χ0n) is 27.0. The van der Waals surface area contributed by atoms with E-state index >= 15 is 0 Å². The number of hydrogen-bond acceptors (Lipinski definition) is 5. The van der Waals surface area contributed by atoms with Crippen LogP contribution in [0.3, 0.4) is 0 Å². The Morgan fingerprint density at radius 1 is 0.674 bits per heavy atom. The summed E-state index contributed by atoms with van der Waals surface area (Å²) in [5.74, 6) is 0.0290. The van der Waals surface area contributed by atoms with Crippen molar-refractivity contribution in [2.75, 3.05) is 70.5 Å². The van der Waals surface area contributed by atoms with Crippen LogP contribution in [0.5, 0.6) is 0 Å². The van der Waals surface area contributed by atoms with E-state index in [-0.39, 0.29) is 11.8 Å². The summed E-state index contributed by atoms with van der Waals surface area (Å²) in [4.78, 5) is 36.9. The van der Waals surface area contributed by atoms with Gasteiger partial charge in [-0.1, -0.05) is 48.5 Å². The van der Waals surface area contributed by atoms with E-state index in [4.69, 9.17) is 4.74 Å². The first-order valence-electron chi connectivity index (χ1n) is 16.5. The van der Waals surface area contributed by atoms with Crippen LogP contribution in [-0.2, 0) is 17.8 Å². The lowest BCUT2D eigenvalue weighted by molar-refractivity contribution is 0.0292. The van der Waals surface area contributed by atoms with Gasteiger partial charge >= 0.3 is 0 Å². The molecule has 0 N–H and O–H groups in total. The van der Waals surface area contributed by atoms with Crippen LogP contribution in [0.15, 0.2) is 78.9 Å². The maximum atomic E-state index is 14.2. The molecule has 2 amide bonds. The highest BCUT2D eigenvalue weighted by Gasteiger charge is 2.30. The van der Waals surface area contributed by atoms with Crippen molar-refractivity contribution >= 4 is 17.5 Å². The number of carbonyl (C=O) groups excluding carboxylic acids is 2. The minimum Gasteiger partial charge on any atom is -0.379 e. The predicted molar refractivity (Wildman–Crippen MR) is 181 cm³/mol. The van der Waals surface area contributed by atoms with Crippen molar-refractivity contribution in [3.63, 3.8) is 0 Å². The number of morpholine rings is 1. The molecule has 0 bridgehead atoms. The van der Waals surface area contributed by atoms with Gasteiger partial charge in [-0.25, -0.2) is 0 Å². The van der Waals surface area contributed by atoms with Gasteiger partial charge in [0, 0.05) is 69.3 Å². The van der Waals surface area contributed by atoms with Crippen LogP contribution in [0.4, 0.5) is 5.69 Å². The van der Waals surface area contributed by atoms with Crippen LogP contribution in [0.25, 0.3) is 11.1 Å². The van der Waals surface area contributed by atoms with Crippen molar-refractivity contribution < 1.29 is 14.3 Å². The second-order valence-electron chi connectivity index (χ2n) is 12.7. The number of ether oxygens (including phenoxy) is 1. The van der Waals surface area contributed by atoms with Gasteiger partial charge in [-0.2, -0.15) is 0 Å². The lowest BCUT2D eigenvalue weighted by Gasteiger charge is -2.36. The number of hydrogen-bond donors (Lipinski definition) is 0. The number of rotatable bonds is 6. The largest absolute Gasteiger partial charge is 0.379 e. The number of carbonyl (C=O) groups is 2. The van der Waals surface area contributed by atoms with Crippen molar-refractivity contribution in [2.24, 2.45) is 0 Å². The van der Waals surface area contributed by atoms with E-state index in [2.05, 4.69) is 58.5 Å². The third kappa shape index (κ3) is 6.12. The fraction of sp³-hybridized carbons (Fsp3) is 0.368. The van der Waals surface area contributed by atoms with Crippen LogP contribution < -0.4 is 4.90 Å². The monoisotopic (exact) mass is 617 g/mol. The zero-order chi connectivity index (χ0) is 31.6. The SMILES string of the molecule is Cc1ccccc1-c1ccc(C(=O)N2Cc3ccc(C(=O)N4CCN(CCN5CCOCC5)CC4)n3Cc3ccccc32)cc1C. The van der Waals surface area contributed by atoms with Gasteiger partial charge in [0.25, 0.3) is 11.8 Å². The lowest BCUT2D eigenvalue weighted by Crippen LogP contribution is -2.51. The summed E-state index contributed by atoms with van der Waals surface area (Å²) in [7, 11) is 0. The number of piperazine rings is 1. The molecule has 8 nitrogen and oxygen atoms in total. The molecule has 46 heavy (non-hydrogen) atoms. The molecule has 3 aliphatic rings. The van der Waals surface area contributed by atoms with Gasteiger partial charge in [-0.05, 0) is 72.0 Å². The molecular formula is C38H43N5O3. The van der Waals surface area contributed by atoms with Crippen LogP contribution in [-0.4, -0.2) is 96.7 Å². The smallest absolute Gasteiger partial charge is 0.270 e. The van der Waals surface area contributed by atoms with Crippen molar-refractivity contribution in [2.45, 2.75) is 26.9 Å². The van der Waals surface area contributed by atoms with Gasteiger partial charge in [-0.15, -0.1) is 0 Å². The fourth-order valence-electron chi connectivity index (χ4n) is 7.10. The second-order valence-corrected chi connectivity index (χ2v) is 12.7. The normalized spacial score (nSPS) is 17.3. The average Bonchev–Trinajstić information content (AvgIpc) is 3.40. The third-order valence-corrected chi connectivity index (χ3v) is 9.87. The Morgan fingerprint density at radius 3 is 2.13 bits per heavy atom. The van der Waals surface area contributed by atoms with E-state index < -0.39 is 0 Å². The Morgan fingerprint density at radius 2 is 1.37 bits per heavy atom. The second kappa shape index (κ2) is 13.2. The first-order chi connectivity index (χ1) is 22.5. The molecule has 0 saturated carbocycles. The molecule has 0 atom stereocenters. The Hall–Kier alpha value is -4.24. The predicted octanol–water partition coefficient (Wildman–Crippen LogP) is 5.07. The third-order valence-electron chi connectivity index (χ3n) is 9.87. The molecule has 3 aliphatic heterocycles. The highest BCUT2D eigenvalue weighted by molar-refractivity contribution is 6.07.